The van der Waals surface area contributed by atoms with Gasteiger partial charge in [-0.1, -0.05) is 0 Å². The van der Waals surface area contributed by atoms with Crippen LogP contribution in [0.1, 0.15) is 12.1 Å². The molecule has 8 heteroatoms. The minimum absolute atomic E-state index is 0.160. The van der Waals surface area contributed by atoms with Crippen LogP contribution in [-0.4, -0.2) is 48.5 Å². The van der Waals surface area contributed by atoms with Crippen LogP contribution in [0.3, 0.4) is 0 Å². The number of aromatic nitrogens is 3. The van der Waals surface area contributed by atoms with E-state index in [9.17, 15) is 9.59 Å². The lowest BCUT2D eigenvalue weighted by atomic mass is 10.2. The molecule has 8 nitrogen and oxygen atoms in total. The first kappa shape index (κ1) is 17.6. The Hall–Kier alpha value is -2.74. The molecule has 2 rings (SSSR count). The van der Waals surface area contributed by atoms with Crippen molar-refractivity contribution in [1.82, 2.24) is 20.5 Å². The van der Waals surface area contributed by atoms with E-state index in [1.54, 1.807) is 38.5 Å². The monoisotopic (exact) mass is 332 g/mol. The Morgan fingerprint density at radius 2 is 1.96 bits per heavy atom. The number of rotatable bonds is 8. The van der Waals surface area contributed by atoms with Crippen LogP contribution in [0, 0.1) is 0 Å². The molecule has 0 aliphatic rings. The highest BCUT2D eigenvalue weighted by molar-refractivity contribution is 5.76. The number of ether oxygens (including phenoxy) is 2. The number of aromatic amines is 1. The third-order valence-corrected chi connectivity index (χ3v) is 3.35. The van der Waals surface area contributed by atoms with E-state index in [1.165, 1.54) is 0 Å². The normalized spacial score (nSPS) is 10.4. The van der Waals surface area contributed by atoms with Crippen molar-refractivity contribution in [1.29, 1.82) is 0 Å². The van der Waals surface area contributed by atoms with Crippen LogP contribution < -0.4 is 15.6 Å². The molecule has 0 saturated carbocycles. The van der Waals surface area contributed by atoms with E-state index in [-0.39, 0.29) is 30.0 Å². The van der Waals surface area contributed by atoms with E-state index < -0.39 is 0 Å². The largest absolute Gasteiger partial charge is 0.497 e. The Morgan fingerprint density at radius 3 is 2.58 bits per heavy atom. The van der Waals surface area contributed by atoms with E-state index in [2.05, 4.69) is 20.5 Å². The molecule has 0 atom stereocenters. The summed E-state index contributed by atoms with van der Waals surface area (Å²) in [5, 5.41) is 10.6. The molecule has 2 aromatic rings. The molecule has 0 aliphatic heterocycles. The molecule has 0 radical (unpaired) electrons. The summed E-state index contributed by atoms with van der Waals surface area (Å²) in [6.45, 7) is 0.885. The summed E-state index contributed by atoms with van der Waals surface area (Å²) in [7, 11) is 3.14. The van der Waals surface area contributed by atoms with Crippen LogP contribution >= 0.6 is 0 Å². The molecule has 0 aliphatic carbocycles. The average molecular weight is 332 g/mol. The highest BCUT2D eigenvalue weighted by atomic mass is 16.5. The molecule has 1 aromatic heterocycles. The second-order valence-corrected chi connectivity index (χ2v) is 5.02. The summed E-state index contributed by atoms with van der Waals surface area (Å²) in [4.78, 5) is 26.4. The van der Waals surface area contributed by atoms with Gasteiger partial charge in [0, 0.05) is 32.1 Å². The molecule has 128 valence electrons. The quantitative estimate of drug-likeness (QED) is 0.683. The smallest absolute Gasteiger partial charge is 0.273 e. The van der Waals surface area contributed by atoms with Crippen LogP contribution in [0.2, 0.25) is 0 Å². The minimum atomic E-state index is -0.347. The third kappa shape index (κ3) is 4.88. The number of aryl methyl sites for hydroxylation is 1. The van der Waals surface area contributed by atoms with Gasteiger partial charge < -0.3 is 19.8 Å². The van der Waals surface area contributed by atoms with Gasteiger partial charge in [0.25, 0.3) is 5.56 Å². The molecule has 0 unspecified atom stereocenters. The second-order valence-electron chi connectivity index (χ2n) is 5.02. The van der Waals surface area contributed by atoms with E-state index >= 15 is 0 Å². The SMILES string of the molecule is COCCNC(=O)CCc1nnc(-c2ccc(OC)cc2)[nH]c1=O. The molecule has 0 spiro atoms. The van der Waals surface area contributed by atoms with Crippen LogP contribution in [0.5, 0.6) is 5.75 Å². The summed E-state index contributed by atoms with van der Waals surface area (Å²) in [5.41, 5.74) is 0.610. The van der Waals surface area contributed by atoms with Crippen molar-refractivity contribution in [2.45, 2.75) is 12.8 Å². The van der Waals surface area contributed by atoms with Crippen molar-refractivity contribution in [3.05, 3.63) is 40.3 Å². The van der Waals surface area contributed by atoms with Crippen molar-refractivity contribution in [2.75, 3.05) is 27.4 Å². The summed E-state index contributed by atoms with van der Waals surface area (Å²) < 4.78 is 9.93. The van der Waals surface area contributed by atoms with E-state index in [1.807, 2.05) is 0 Å². The van der Waals surface area contributed by atoms with E-state index in [0.29, 0.717) is 24.7 Å². The molecule has 1 aromatic carbocycles. The topological polar surface area (TPSA) is 106 Å². The van der Waals surface area contributed by atoms with Gasteiger partial charge >= 0.3 is 0 Å². The predicted molar refractivity (Wildman–Crippen MR) is 87.8 cm³/mol. The van der Waals surface area contributed by atoms with Gasteiger partial charge in [0.2, 0.25) is 5.91 Å². The van der Waals surface area contributed by atoms with Gasteiger partial charge in [-0.2, -0.15) is 0 Å². The second kappa shape index (κ2) is 8.78. The van der Waals surface area contributed by atoms with Crippen molar-refractivity contribution >= 4 is 5.91 Å². The van der Waals surface area contributed by atoms with Gasteiger partial charge in [-0.15, -0.1) is 10.2 Å². The lowest BCUT2D eigenvalue weighted by Gasteiger charge is -2.05. The molecule has 0 bridgehead atoms. The molecule has 1 heterocycles. The molecule has 24 heavy (non-hydrogen) atoms. The van der Waals surface area contributed by atoms with Gasteiger partial charge in [0.15, 0.2) is 5.82 Å². The van der Waals surface area contributed by atoms with Gasteiger partial charge in [-0.05, 0) is 24.3 Å². The zero-order valence-electron chi connectivity index (χ0n) is 13.7. The van der Waals surface area contributed by atoms with Crippen LogP contribution in [0.15, 0.2) is 29.1 Å². The fourth-order valence-electron chi connectivity index (χ4n) is 2.02. The van der Waals surface area contributed by atoms with Crippen LogP contribution in [0.25, 0.3) is 11.4 Å². The number of nitrogens with zero attached hydrogens (tertiary/aromatic N) is 2. The fraction of sp³-hybridized carbons (Fsp3) is 0.375. The predicted octanol–water partition coefficient (Wildman–Crippen LogP) is 0.536. The molecular weight excluding hydrogens is 312 g/mol. The third-order valence-electron chi connectivity index (χ3n) is 3.35. The summed E-state index contributed by atoms with van der Waals surface area (Å²) in [6, 6.07) is 7.10. The van der Waals surface area contributed by atoms with Crippen LogP contribution in [0.4, 0.5) is 0 Å². The Kier molecular flexibility index (Phi) is 6.44. The van der Waals surface area contributed by atoms with Crippen molar-refractivity contribution in [2.24, 2.45) is 0 Å². The van der Waals surface area contributed by atoms with E-state index in [0.717, 1.165) is 5.56 Å². The van der Waals surface area contributed by atoms with Crippen molar-refractivity contribution < 1.29 is 14.3 Å². The van der Waals surface area contributed by atoms with Gasteiger partial charge in [0.05, 0.1) is 13.7 Å². The first-order valence-corrected chi connectivity index (χ1v) is 7.50. The first-order valence-electron chi connectivity index (χ1n) is 7.50. The van der Waals surface area contributed by atoms with Crippen LogP contribution in [-0.2, 0) is 16.0 Å². The first-order chi connectivity index (χ1) is 11.6. The average Bonchev–Trinajstić information content (AvgIpc) is 2.61. The Morgan fingerprint density at radius 1 is 1.21 bits per heavy atom. The zero-order valence-corrected chi connectivity index (χ0v) is 13.7. The molecule has 0 fully saturated rings. The number of H-pyrrole nitrogens is 1. The maximum atomic E-state index is 12.1. The van der Waals surface area contributed by atoms with Crippen molar-refractivity contribution in [3.8, 4) is 17.1 Å². The maximum absolute atomic E-state index is 12.1. The maximum Gasteiger partial charge on any atom is 0.273 e. The van der Waals surface area contributed by atoms with Crippen molar-refractivity contribution in [3.63, 3.8) is 0 Å². The Balaban J connectivity index is 1.99. The number of carbonyl (C=O) groups is 1. The summed E-state index contributed by atoms with van der Waals surface area (Å²) in [5.74, 6) is 0.925. The fourth-order valence-corrected chi connectivity index (χ4v) is 2.02. The number of carbonyl (C=O) groups excluding carboxylic acids is 1. The number of hydrogen-bond donors (Lipinski definition) is 2. The van der Waals surface area contributed by atoms with E-state index in [4.69, 9.17) is 9.47 Å². The highest BCUT2D eigenvalue weighted by Crippen LogP contribution is 2.17. The molecule has 2 N–H and O–H groups in total. The Bertz CT molecular complexity index is 728. The Labute approximate surface area is 139 Å². The lowest BCUT2D eigenvalue weighted by molar-refractivity contribution is -0.121. The van der Waals surface area contributed by atoms with Gasteiger partial charge in [0.1, 0.15) is 11.4 Å². The molecular formula is C16H20N4O4. The number of nitrogens with one attached hydrogen (secondary N) is 2. The number of methoxy groups -OCH3 is 2. The zero-order chi connectivity index (χ0) is 17.4. The standard InChI is InChI=1S/C16H20N4O4/c1-23-10-9-17-14(21)8-7-13-16(22)18-15(20-19-13)11-3-5-12(24-2)6-4-11/h3-6H,7-10H2,1-2H3,(H,17,21)(H,18,20,22). The van der Waals surface area contributed by atoms with Gasteiger partial charge in [-0.25, -0.2) is 0 Å². The minimum Gasteiger partial charge on any atom is -0.497 e. The summed E-state index contributed by atoms with van der Waals surface area (Å²) in [6.07, 6.45) is 0.396. The lowest BCUT2D eigenvalue weighted by Crippen LogP contribution is -2.28. The number of amides is 1. The number of benzene rings is 1. The highest BCUT2D eigenvalue weighted by Gasteiger charge is 2.09. The van der Waals surface area contributed by atoms with Gasteiger partial charge in [-0.3, -0.25) is 9.59 Å². The summed E-state index contributed by atoms with van der Waals surface area (Å²) >= 11 is 0. The molecule has 1 amide bonds. The number of hydrogen-bond acceptors (Lipinski definition) is 6. The molecule has 0 saturated heterocycles.